The molecule has 1 aliphatic heterocycles. The van der Waals surface area contributed by atoms with E-state index in [1.807, 2.05) is 11.1 Å². The van der Waals surface area contributed by atoms with Crippen LogP contribution in [0.1, 0.15) is 25.6 Å². The third-order valence-electron chi connectivity index (χ3n) is 2.35. The number of hydrazine groups is 1. The standard InChI is InChI=1S/C9H15N5/c1-5(2)14-8(11)7-3-6(10)4-12-9(7)13-14/h3-5,8H,10-11H2,1-2H3,(H,12,13). The van der Waals surface area contributed by atoms with E-state index >= 15 is 0 Å². The second-order valence-corrected chi connectivity index (χ2v) is 3.76. The Hall–Kier alpha value is -1.33. The van der Waals surface area contributed by atoms with Gasteiger partial charge in [0.1, 0.15) is 12.0 Å². The van der Waals surface area contributed by atoms with Gasteiger partial charge in [0.2, 0.25) is 0 Å². The Morgan fingerprint density at radius 3 is 2.93 bits per heavy atom. The highest BCUT2D eigenvalue weighted by molar-refractivity contribution is 5.55. The van der Waals surface area contributed by atoms with E-state index in [0.29, 0.717) is 11.7 Å². The highest BCUT2D eigenvalue weighted by Crippen LogP contribution is 2.32. The number of hydrogen-bond donors (Lipinski definition) is 3. The molecule has 5 N–H and O–H groups in total. The fourth-order valence-electron chi connectivity index (χ4n) is 1.61. The minimum Gasteiger partial charge on any atom is -0.397 e. The molecule has 0 saturated heterocycles. The minimum absolute atomic E-state index is 0.166. The van der Waals surface area contributed by atoms with Crippen molar-refractivity contribution in [2.75, 3.05) is 11.2 Å². The molecule has 5 nitrogen and oxygen atoms in total. The second kappa shape index (κ2) is 3.11. The predicted octanol–water partition coefficient (Wildman–Crippen LogP) is 0.672. The van der Waals surface area contributed by atoms with Gasteiger partial charge in [0.15, 0.2) is 0 Å². The van der Waals surface area contributed by atoms with Gasteiger partial charge in [0, 0.05) is 11.6 Å². The molecule has 0 aliphatic carbocycles. The number of hydrogen-bond acceptors (Lipinski definition) is 5. The summed E-state index contributed by atoms with van der Waals surface area (Å²) < 4.78 is 0. The molecule has 2 heterocycles. The zero-order chi connectivity index (χ0) is 10.3. The molecular weight excluding hydrogens is 178 g/mol. The van der Waals surface area contributed by atoms with Crippen molar-refractivity contribution in [3.8, 4) is 0 Å². The number of nitrogen functional groups attached to an aromatic ring is 1. The Bertz CT molecular complexity index is 349. The molecule has 1 atom stereocenters. The van der Waals surface area contributed by atoms with Crippen LogP contribution in [0.5, 0.6) is 0 Å². The summed E-state index contributed by atoms with van der Waals surface area (Å²) in [5, 5.41) is 1.96. The molecule has 2 rings (SSSR count). The van der Waals surface area contributed by atoms with E-state index in [4.69, 9.17) is 11.5 Å². The summed E-state index contributed by atoms with van der Waals surface area (Å²) in [6.45, 7) is 4.14. The van der Waals surface area contributed by atoms with Crippen LogP contribution in [0.15, 0.2) is 12.3 Å². The van der Waals surface area contributed by atoms with Gasteiger partial charge in [0.25, 0.3) is 0 Å². The van der Waals surface area contributed by atoms with Crippen LogP contribution in [-0.4, -0.2) is 16.0 Å². The summed E-state index contributed by atoms with van der Waals surface area (Å²) in [5.41, 5.74) is 16.4. The average Bonchev–Trinajstić information content (AvgIpc) is 2.44. The van der Waals surface area contributed by atoms with E-state index in [0.717, 1.165) is 11.4 Å². The van der Waals surface area contributed by atoms with Crippen molar-refractivity contribution in [2.45, 2.75) is 26.1 Å². The lowest BCUT2D eigenvalue weighted by atomic mass is 10.2. The fourth-order valence-corrected chi connectivity index (χ4v) is 1.61. The molecule has 0 amide bonds. The topological polar surface area (TPSA) is 80.2 Å². The van der Waals surface area contributed by atoms with Gasteiger partial charge in [-0.15, -0.1) is 0 Å². The van der Waals surface area contributed by atoms with E-state index in [1.54, 1.807) is 6.20 Å². The molecule has 76 valence electrons. The number of pyridine rings is 1. The number of rotatable bonds is 1. The first-order valence-corrected chi connectivity index (χ1v) is 4.65. The smallest absolute Gasteiger partial charge is 0.146 e. The number of fused-ring (bicyclic) bond motifs is 1. The van der Waals surface area contributed by atoms with Gasteiger partial charge in [-0.05, 0) is 19.9 Å². The molecule has 1 unspecified atom stereocenters. The Labute approximate surface area is 83.1 Å². The average molecular weight is 193 g/mol. The Morgan fingerprint density at radius 2 is 2.29 bits per heavy atom. The Morgan fingerprint density at radius 1 is 1.57 bits per heavy atom. The van der Waals surface area contributed by atoms with Gasteiger partial charge in [0.05, 0.1) is 11.9 Å². The molecule has 0 aromatic carbocycles. The molecule has 0 fully saturated rings. The van der Waals surface area contributed by atoms with Crippen LogP contribution < -0.4 is 16.9 Å². The summed E-state index contributed by atoms with van der Waals surface area (Å²) in [6.07, 6.45) is 1.46. The summed E-state index contributed by atoms with van der Waals surface area (Å²) >= 11 is 0. The summed E-state index contributed by atoms with van der Waals surface area (Å²) in [4.78, 5) is 4.18. The molecule has 1 aromatic rings. The van der Waals surface area contributed by atoms with E-state index in [9.17, 15) is 0 Å². The van der Waals surface area contributed by atoms with Gasteiger partial charge < -0.3 is 16.9 Å². The van der Waals surface area contributed by atoms with Crippen LogP contribution in [0.4, 0.5) is 11.5 Å². The molecule has 0 radical (unpaired) electrons. The lowest BCUT2D eigenvalue weighted by Crippen LogP contribution is -2.38. The number of aromatic nitrogens is 1. The minimum atomic E-state index is -0.166. The highest BCUT2D eigenvalue weighted by Gasteiger charge is 2.29. The van der Waals surface area contributed by atoms with Gasteiger partial charge in [-0.25, -0.2) is 4.98 Å². The third-order valence-corrected chi connectivity index (χ3v) is 2.35. The number of nitrogens with two attached hydrogens (primary N) is 2. The van der Waals surface area contributed by atoms with Crippen molar-refractivity contribution in [1.29, 1.82) is 0 Å². The lowest BCUT2D eigenvalue weighted by Gasteiger charge is -2.24. The summed E-state index contributed by atoms with van der Waals surface area (Å²) in [6, 6.07) is 2.18. The van der Waals surface area contributed by atoms with Crippen LogP contribution in [0, 0.1) is 0 Å². The maximum Gasteiger partial charge on any atom is 0.146 e. The molecule has 0 spiro atoms. The maximum absolute atomic E-state index is 6.03. The molecule has 1 aliphatic rings. The number of nitrogens with zero attached hydrogens (tertiary/aromatic N) is 2. The van der Waals surface area contributed by atoms with Gasteiger partial charge >= 0.3 is 0 Å². The van der Waals surface area contributed by atoms with E-state index < -0.39 is 0 Å². The maximum atomic E-state index is 6.03. The molecule has 5 heteroatoms. The third kappa shape index (κ3) is 1.30. The largest absolute Gasteiger partial charge is 0.397 e. The van der Waals surface area contributed by atoms with Crippen molar-refractivity contribution >= 4 is 11.5 Å². The lowest BCUT2D eigenvalue weighted by molar-refractivity contribution is 0.216. The molecule has 1 aromatic heterocycles. The van der Waals surface area contributed by atoms with Gasteiger partial charge in [-0.1, -0.05) is 0 Å². The van der Waals surface area contributed by atoms with E-state index in [1.165, 1.54) is 0 Å². The van der Waals surface area contributed by atoms with Crippen molar-refractivity contribution in [2.24, 2.45) is 5.73 Å². The Kier molecular flexibility index (Phi) is 2.05. The van der Waals surface area contributed by atoms with Crippen molar-refractivity contribution in [3.05, 3.63) is 17.8 Å². The first kappa shape index (κ1) is 9.23. The second-order valence-electron chi connectivity index (χ2n) is 3.76. The zero-order valence-electron chi connectivity index (χ0n) is 8.36. The van der Waals surface area contributed by atoms with Crippen LogP contribution in [-0.2, 0) is 0 Å². The van der Waals surface area contributed by atoms with Gasteiger partial charge in [-0.3, -0.25) is 0 Å². The molecule has 0 bridgehead atoms. The van der Waals surface area contributed by atoms with Gasteiger partial charge in [-0.2, -0.15) is 5.01 Å². The van der Waals surface area contributed by atoms with E-state index in [2.05, 4.69) is 24.3 Å². The Balaban J connectivity index is 2.36. The molecule has 0 saturated carbocycles. The zero-order valence-corrected chi connectivity index (χ0v) is 8.36. The first-order valence-electron chi connectivity index (χ1n) is 4.65. The van der Waals surface area contributed by atoms with Crippen molar-refractivity contribution in [1.82, 2.24) is 9.99 Å². The predicted molar refractivity (Wildman–Crippen MR) is 56.2 cm³/mol. The fraction of sp³-hybridized carbons (Fsp3) is 0.444. The first-order chi connectivity index (χ1) is 6.59. The van der Waals surface area contributed by atoms with Crippen LogP contribution >= 0.6 is 0 Å². The molecule has 14 heavy (non-hydrogen) atoms. The van der Waals surface area contributed by atoms with Crippen LogP contribution in [0.3, 0.4) is 0 Å². The molecular formula is C9H15N5. The summed E-state index contributed by atoms with van der Waals surface area (Å²) in [7, 11) is 0. The van der Waals surface area contributed by atoms with Crippen molar-refractivity contribution < 1.29 is 0 Å². The highest BCUT2D eigenvalue weighted by atomic mass is 15.6. The SMILES string of the molecule is CC(C)N1Nc2ncc(N)cc2C1N. The van der Waals surface area contributed by atoms with Crippen LogP contribution in [0.25, 0.3) is 0 Å². The monoisotopic (exact) mass is 193 g/mol. The van der Waals surface area contributed by atoms with Crippen molar-refractivity contribution in [3.63, 3.8) is 0 Å². The summed E-state index contributed by atoms with van der Waals surface area (Å²) in [5.74, 6) is 0.806. The number of nitrogens with one attached hydrogen (secondary N) is 1. The quantitative estimate of drug-likeness (QED) is 0.611. The number of anilines is 2. The van der Waals surface area contributed by atoms with E-state index in [-0.39, 0.29) is 6.17 Å². The van der Waals surface area contributed by atoms with Crippen LogP contribution in [0.2, 0.25) is 0 Å². The normalized spacial score (nSPS) is 21.0.